The standard InChI is InChI=1S/C23H24N4O2/c1-18-7-9-20(10-8-18)29-17-22(28)27-15-13-26(14-16-27)21-11-12-24-23(25-21)19-5-3-2-4-6-19/h2-12H,13-17H2,1H3. The molecule has 1 aliphatic heterocycles. The molecule has 0 radical (unpaired) electrons. The van der Waals surface area contributed by atoms with Crippen molar-refractivity contribution in [2.75, 3.05) is 37.7 Å². The molecule has 6 nitrogen and oxygen atoms in total. The first-order chi connectivity index (χ1) is 14.2. The molecule has 0 unspecified atom stereocenters. The second-order valence-electron chi connectivity index (χ2n) is 7.07. The summed E-state index contributed by atoms with van der Waals surface area (Å²) >= 11 is 0. The minimum absolute atomic E-state index is 0.0119. The van der Waals surface area contributed by atoms with Gasteiger partial charge in [0.05, 0.1) is 0 Å². The van der Waals surface area contributed by atoms with Crippen LogP contribution in [0.15, 0.2) is 66.9 Å². The number of nitrogens with zero attached hydrogens (tertiary/aromatic N) is 4. The smallest absolute Gasteiger partial charge is 0.260 e. The highest BCUT2D eigenvalue weighted by Crippen LogP contribution is 2.19. The number of aromatic nitrogens is 2. The van der Waals surface area contributed by atoms with E-state index in [0.717, 1.165) is 30.2 Å². The molecule has 0 aliphatic carbocycles. The van der Waals surface area contributed by atoms with Gasteiger partial charge in [0, 0.05) is 37.9 Å². The molecular formula is C23H24N4O2. The number of hydrogen-bond donors (Lipinski definition) is 0. The summed E-state index contributed by atoms with van der Waals surface area (Å²) in [6, 6.07) is 19.6. The molecule has 4 rings (SSSR count). The van der Waals surface area contributed by atoms with Gasteiger partial charge >= 0.3 is 0 Å². The van der Waals surface area contributed by atoms with E-state index in [0.29, 0.717) is 18.9 Å². The Morgan fingerprint density at radius 2 is 1.69 bits per heavy atom. The summed E-state index contributed by atoms with van der Waals surface area (Å²) in [4.78, 5) is 25.6. The van der Waals surface area contributed by atoms with Crippen LogP contribution in [0.5, 0.6) is 5.75 Å². The number of hydrogen-bond acceptors (Lipinski definition) is 5. The van der Waals surface area contributed by atoms with Gasteiger partial charge in [0.25, 0.3) is 5.91 Å². The summed E-state index contributed by atoms with van der Waals surface area (Å²) < 4.78 is 5.63. The Labute approximate surface area is 170 Å². The van der Waals surface area contributed by atoms with Gasteiger partial charge in [-0.3, -0.25) is 4.79 Å². The maximum atomic E-state index is 12.5. The minimum atomic E-state index is 0.0119. The van der Waals surface area contributed by atoms with Crippen molar-refractivity contribution in [1.29, 1.82) is 0 Å². The quantitative estimate of drug-likeness (QED) is 0.672. The first-order valence-electron chi connectivity index (χ1n) is 9.80. The fourth-order valence-electron chi connectivity index (χ4n) is 3.31. The summed E-state index contributed by atoms with van der Waals surface area (Å²) in [5.41, 5.74) is 2.16. The molecule has 0 spiro atoms. The molecule has 0 saturated carbocycles. The van der Waals surface area contributed by atoms with Crippen LogP contribution in [0.2, 0.25) is 0 Å². The van der Waals surface area contributed by atoms with Crippen LogP contribution < -0.4 is 9.64 Å². The maximum Gasteiger partial charge on any atom is 0.260 e. The van der Waals surface area contributed by atoms with Gasteiger partial charge in [0.15, 0.2) is 12.4 Å². The molecule has 3 aromatic rings. The lowest BCUT2D eigenvalue weighted by atomic mass is 10.2. The van der Waals surface area contributed by atoms with E-state index in [1.165, 1.54) is 5.56 Å². The molecule has 1 aliphatic rings. The Morgan fingerprint density at radius 3 is 2.41 bits per heavy atom. The third kappa shape index (κ3) is 4.71. The number of benzene rings is 2. The first-order valence-corrected chi connectivity index (χ1v) is 9.80. The Morgan fingerprint density at radius 1 is 0.966 bits per heavy atom. The normalized spacial score (nSPS) is 14.0. The van der Waals surface area contributed by atoms with E-state index in [2.05, 4.69) is 9.88 Å². The lowest BCUT2D eigenvalue weighted by Gasteiger charge is -2.35. The van der Waals surface area contributed by atoms with Gasteiger partial charge in [0.2, 0.25) is 0 Å². The summed E-state index contributed by atoms with van der Waals surface area (Å²) in [7, 11) is 0. The lowest BCUT2D eigenvalue weighted by molar-refractivity contribution is -0.133. The van der Waals surface area contributed by atoms with Crippen LogP contribution in [-0.2, 0) is 4.79 Å². The predicted molar refractivity (Wildman–Crippen MR) is 113 cm³/mol. The van der Waals surface area contributed by atoms with Crippen molar-refractivity contribution in [3.8, 4) is 17.1 Å². The molecule has 148 valence electrons. The summed E-state index contributed by atoms with van der Waals surface area (Å²) in [5, 5.41) is 0. The fourth-order valence-corrected chi connectivity index (χ4v) is 3.31. The minimum Gasteiger partial charge on any atom is -0.484 e. The Balaban J connectivity index is 1.32. The number of piperazine rings is 1. The average molecular weight is 388 g/mol. The van der Waals surface area contributed by atoms with E-state index >= 15 is 0 Å². The Hall–Kier alpha value is -3.41. The molecule has 1 aromatic heterocycles. The van der Waals surface area contributed by atoms with Crippen LogP contribution in [-0.4, -0.2) is 53.6 Å². The molecule has 1 saturated heterocycles. The monoisotopic (exact) mass is 388 g/mol. The molecule has 2 heterocycles. The van der Waals surface area contributed by atoms with Gasteiger partial charge < -0.3 is 14.5 Å². The molecule has 0 atom stereocenters. The van der Waals surface area contributed by atoms with E-state index in [9.17, 15) is 4.79 Å². The molecular weight excluding hydrogens is 364 g/mol. The number of carbonyl (C=O) groups excluding carboxylic acids is 1. The van der Waals surface area contributed by atoms with E-state index in [1.54, 1.807) is 6.20 Å². The average Bonchev–Trinajstić information content (AvgIpc) is 2.79. The third-order valence-corrected chi connectivity index (χ3v) is 5.01. The summed E-state index contributed by atoms with van der Waals surface area (Å²) in [5.74, 6) is 2.34. The van der Waals surface area contributed by atoms with Gasteiger partial charge in [-0.1, -0.05) is 48.0 Å². The predicted octanol–water partition coefficient (Wildman–Crippen LogP) is 3.18. The third-order valence-electron chi connectivity index (χ3n) is 5.01. The SMILES string of the molecule is Cc1ccc(OCC(=O)N2CCN(c3ccnc(-c4ccccc4)n3)CC2)cc1. The van der Waals surface area contributed by atoms with Crippen LogP contribution in [0.4, 0.5) is 5.82 Å². The summed E-state index contributed by atoms with van der Waals surface area (Å²) in [6.07, 6.45) is 1.79. The second-order valence-corrected chi connectivity index (χ2v) is 7.07. The zero-order valence-electron chi connectivity index (χ0n) is 16.5. The van der Waals surface area contributed by atoms with Crippen molar-refractivity contribution in [2.45, 2.75) is 6.92 Å². The van der Waals surface area contributed by atoms with Gasteiger partial charge in [-0.05, 0) is 25.1 Å². The Kier molecular flexibility index (Phi) is 5.70. The van der Waals surface area contributed by atoms with Crippen LogP contribution in [0, 0.1) is 6.92 Å². The van der Waals surface area contributed by atoms with Crippen molar-refractivity contribution in [3.05, 3.63) is 72.4 Å². The van der Waals surface area contributed by atoms with Crippen LogP contribution in [0.1, 0.15) is 5.56 Å². The van der Waals surface area contributed by atoms with Gasteiger partial charge in [-0.15, -0.1) is 0 Å². The topological polar surface area (TPSA) is 58.6 Å². The van der Waals surface area contributed by atoms with E-state index in [4.69, 9.17) is 9.72 Å². The molecule has 1 amide bonds. The number of amides is 1. The van der Waals surface area contributed by atoms with Gasteiger partial charge in [0.1, 0.15) is 11.6 Å². The molecule has 1 fully saturated rings. The highest BCUT2D eigenvalue weighted by Gasteiger charge is 2.22. The Bertz CT molecular complexity index is 952. The number of ether oxygens (including phenoxy) is 1. The highest BCUT2D eigenvalue weighted by atomic mass is 16.5. The summed E-state index contributed by atoms with van der Waals surface area (Å²) in [6.45, 7) is 4.87. The van der Waals surface area contributed by atoms with Crippen LogP contribution in [0.25, 0.3) is 11.4 Å². The van der Waals surface area contributed by atoms with E-state index in [-0.39, 0.29) is 12.5 Å². The number of aryl methyl sites for hydroxylation is 1. The highest BCUT2D eigenvalue weighted by molar-refractivity contribution is 5.78. The van der Waals surface area contributed by atoms with Crippen LogP contribution >= 0.6 is 0 Å². The lowest BCUT2D eigenvalue weighted by Crippen LogP contribution is -2.50. The molecule has 0 N–H and O–H groups in total. The van der Waals surface area contributed by atoms with Crippen LogP contribution in [0.3, 0.4) is 0 Å². The molecule has 2 aromatic carbocycles. The number of anilines is 1. The molecule has 6 heteroatoms. The zero-order valence-corrected chi connectivity index (χ0v) is 16.5. The number of carbonyl (C=O) groups is 1. The maximum absolute atomic E-state index is 12.5. The van der Waals surface area contributed by atoms with Crippen molar-refractivity contribution in [2.24, 2.45) is 0 Å². The molecule has 29 heavy (non-hydrogen) atoms. The number of rotatable bonds is 5. The van der Waals surface area contributed by atoms with E-state index < -0.39 is 0 Å². The zero-order chi connectivity index (χ0) is 20.1. The van der Waals surface area contributed by atoms with Crippen molar-refractivity contribution < 1.29 is 9.53 Å². The fraction of sp³-hybridized carbons (Fsp3) is 0.261. The molecule has 0 bridgehead atoms. The van der Waals surface area contributed by atoms with E-state index in [1.807, 2.05) is 72.5 Å². The largest absolute Gasteiger partial charge is 0.484 e. The van der Waals surface area contributed by atoms with Crippen molar-refractivity contribution in [3.63, 3.8) is 0 Å². The van der Waals surface area contributed by atoms with Gasteiger partial charge in [-0.2, -0.15) is 0 Å². The second kappa shape index (κ2) is 8.73. The van der Waals surface area contributed by atoms with Crippen molar-refractivity contribution in [1.82, 2.24) is 14.9 Å². The van der Waals surface area contributed by atoms with Crippen molar-refractivity contribution >= 4 is 11.7 Å². The van der Waals surface area contributed by atoms with Gasteiger partial charge in [-0.25, -0.2) is 9.97 Å². The first kappa shape index (κ1) is 18.9.